The minimum atomic E-state index is 0.00941. The molecule has 24 heavy (non-hydrogen) atoms. The van der Waals surface area contributed by atoms with E-state index < -0.39 is 0 Å². The zero-order chi connectivity index (χ0) is 16.8. The fourth-order valence-corrected chi connectivity index (χ4v) is 3.01. The van der Waals surface area contributed by atoms with E-state index in [0.29, 0.717) is 19.7 Å². The number of nitrogens with one attached hydrogen (secondary N) is 1. The van der Waals surface area contributed by atoms with Crippen molar-refractivity contribution >= 4 is 11.6 Å². The number of hydrogen-bond acceptors (Lipinski definition) is 3. The molecule has 0 aromatic heterocycles. The molecule has 4 heteroatoms. The Kier molecular flexibility index (Phi) is 5.49. The van der Waals surface area contributed by atoms with E-state index in [1.165, 1.54) is 17.5 Å². The van der Waals surface area contributed by atoms with Crippen molar-refractivity contribution in [2.45, 2.75) is 19.3 Å². The van der Waals surface area contributed by atoms with Crippen molar-refractivity contribution in [3.63, 3.8) is 0 Å². The van der Waals surface area contributed by atoms with Gasteiger partial charge in [-0.3, -0.25) is 9.69 Å². The maximum Gasteiger partial charge on any atom is 0.238 e. The number of hydrogen-bond donors (Lipinski definition) is 1. The molecule has 2 aromatic carbocycles. The first-order chi connectivity index (χ1) is 11.7. The summed E-state index contributed by atoms with van der Waals surface area (Å²) in [6.45, 7) is 1.62. The summed E-state index contributed by atoms with van der Waals surface area (Å²) >= 11 is 0. The second-order valence-electron chi connectivity index (χ2n) is 6.28. The average Bonchev–Trinajstić information content (AvgIpc) is 3.03. The minimum absolute atomic E-state index is 0.00941. The highest BCUT2D eigenvalue weighted by molar-refractivity contribution is 5.92. The molecule has 0 spiro atoms. The van der Waals surface area contributed by atoms with Crippen LogP contribution in [-0.2, 0) is 17.6 Å². The van der Waals surface area contributed by atoms with Gasteiger partial charge in [-0.05, 0) is 61.7 Å². The molecule has 0 saturated heterocycles. The maximum atomic E-state index is 12.2. The summed E-state index contributed by atoms with van der Waals surface area (Å²) in [5.41, 5.74) is 3.69. The standard InChI is InChI=1S/C20H24N2O2/c1-22(12-13-24-19-8-3-2-4-9-19)15-20(23)21-18-11-10-16-6-5-7-17(16)14-18/h2-4,8-11,14H,5-7,12-13,15H2,1H3,(H,21,23). The molecule has 1 N–H and O–H groups in total. The molecule has 0 radical (unpaired) electrons. The number of likely N-dealkylation sites (N-methyl/N-ethyl adjacent to an activating group) is 1. The Morgan fingerprint density at radius 1 is 1.12 bits per heavy atom. The molecule has 3 rings (SSSR count). The lowest BCUT2D eigenvalue weighted by Crippen LogP contribution is -2.33. The van der Waals surface area contributed by atoms with Crippen LogP contribution in [0.4, 0.5) is 5.69 Å². The van der Waals surface area contributed by atoms with Gasteiger partial charge in [-0.25, -0.2) is 0 Å². The van der Waals surface area contributed by atoms with E-state index in [2.05, 4.69) is 17.4 Å². The number of benzene rings is 2. The number of rotatable bonds is 7. The van der Waals surface area contributed by atoms with Gasteiger partial charge < -0.3 is 10.1 Å². The first-order valence-electron chi connectivity index (χ1n) is 8.49. The predicted octanol–water partition coefficient (Wildman–Crippen LogP) is 3.12. The van der Waals surface area contributed by atoms with Gasteiger partial charge >= 0.3 is 0 Å². The molecular formula is C20H24N2O2. The number of nitrogens with zero attached hydrogens (tertiary/aromatic N) is 1. The normalized spacial score (nSPS) is 12.9. The highest BCUT2D eigenvalue weighted by Gasteiger charge is 2.12. The van der Waals surface area contributed by atoms with E-state index in [4.69, 9.17) is 4.74 Å². The summed E-state index contributed by atoms with van der Waals surface area (Å²) in [4.78, 5) is 14.1. The zero-order valence-corrected chi connectivity index (χ0v) is 14.1. The summed E-state index contributed by atoms with van der Waals surface area (Å²) in [5.74, 6) is 0.864. The number of para-hydroxylation sites is 1. The van der Waals surface area contributed by atoms with Crippen molar-refractivity contribution in [1.82, 2.24) is 4.90 Å². The molecule has 126 valence electrons. The smallest absolute Gasteiger partial charge is 0.238 e. The van der Waals surface area contributed by atoms with E-state index >= 15 is 0 Å². The number of carbonyl (C=O) groups is 1. The zero-order valence-electron chi connectivity index (χ0n) is 14.1. The van der Waals surface area contributed by atoms with Crippen LogP contribution in [0.15, 0.2) is 48.5 Å². The van der Waals surface area contributed by atoms with Crippen molar-refractivity contribution in [3.8, 4) is 5.75 Å². The van der Waals surface area contributed by atoms with Crippen molar-refractivity contribution in [2.75, 3.05) is 32.1 Å². The molecule has 0 bridgehead atoms. The van der Waals surface area contributed by atoms with E-state index in [1.807, 2.05) is 48.3 Å². The first-order valence-corrected chi connectivity index (χ1v) is 8.49. The summed E-state index contributed by atoms with van der Waals surface area (Å²) in [7, 11) is 1.93. The molecule has 0 aliphatic heterocycles. The number of fused-ring (bicyclic) bond motifs is 1. The fraction of sp³-hybridized carbons (Fsp3) is 0.350. The van der Waals surface area contributed by atoms with E-state index in [-0.39, 0.29) is 5.91 Å². The topological polar surface area (TPSA) is 41.6 Å². The second-order valence-corrected chi connectivity index (χ2v) is 6.28. The summed E-state index contributed by atoms with van der Waals surface area (Å²) in [6, 6.07) is 16.0. The number of carbonyl (C=O) groups excluding carboxylic acids is 1. The van der Waals surface area contributed by atoms with Crippen molar-refractivity contribution in [2.24, 2.45) is 0 Å². The molecule has 2 aromatic rings. The minimum Gasteiger partial charge on any atom is -0.492 e. The molecule has 0 saturated carbocycles. The van der Waals surface area contributed by atoms with Crippen molar-refractivity contribution in [3.05, 3.63) is 59.7 Å². The summed E-state index contributed by atoms with van der Waals surface area (Å²) < 4.78 is 5.65. The Hall–Kier alpha value is -2.33. The third-order valence-corrected chi connectivity index (χ3v) is 4.28. The van der Waals surface area contributed by atoms with Gasteiger partial charge in [0.2, 0.25) is 5.91 Å². The molecule has 1 amide bonds. The van der Waals surface area contributed by atoms with Crippen LogP contribution >= 0.6 is 0 Å². The highest BCUT2D eigenvalue weighted by atomic mass is 16.5. The van der Waals surface area contributed by atoms with Crippen molar-refractivity contribution in [1.29, 1.82) is 0 Å². The monoisotopic (exact) mass is 324 g/mol. The largest absolute Gasteiger partial charge is 0.492 e. The lowest BCUT2D eigenvalue weighted by atomic mass is 10.1. The lowest BCUT2D eigenvalue weighted by molar-refractivity contribution is -0.117. The van der Waals surface area contributed by atoms with E-state index in [0.717, 1.165) is 24.3 Å². The number of aryl methyl sites for hydroxylation is 2. The van der Waals surface area contributed by atoms with Gasteiger partial charge in [-0.15, -0.1) is 0 Å². The quantitative estimate of drug-likeness (QED) is 0.851. The third kappa shape index (κ3) is 4.59. The molecule has 0 atom stereocenters. The Morgan fingerprint density at radius 3 is 2.75 bits per heavy atom. The summed E-state index contributed by atoms with van der Waals surface area (Å²) in [5, 5.41) is 2.99. The van der Waals surface area contributed by atoms with E-state index in [1.54, 1.807) is 0 Å². The molecule has 1 aliphatic rings. The Bertz CT molecular complexity index is 685. The van der Waals surface area contributed by atoms with Crippen molar-refractivity contribution < 1.29 is 9.53 Å². The first kappa shape index (κ1) is 16.5. The lowest BCUT2D eigenvalue weighted by Gasteiger charge is -2.17. The Balaban J connectivity index is 1.41. The molecule has 0 fully saturated rings. The van der Waals surface area contributed by atoms with Crippen LogP contribution in [0.1, 0.15) is 17.5 Å². The summed E-state index contributed by atoms with van der Waals surface area (Å²) in [6.07, 6.45) is 3.50. The maximum absolute atomic E-state index is 12.2. The van der Waals surface area contributed by atoms with Gasteiger partial charge in [0.25, 0.3) is 0 Å². The van der Waals surface area contributed by atoms with E-state index in [9.17, 15) is 4.79 Å². The van der Waals surface area contributed by atoms with Gasteiger partial charge in [0.05, 0.1) is 6.54 Å². The number of amides is 1. The van der Waals surface area contributed by atoms with Crippen LogP contribution in [0.5, 0.6) is 5.75 Å². The highest BCUT2D eigenvalue weighted by Crippen LogP contribution is 2.24. The van der Waals surface area contributed by atoms with Gasteiger partial charge in [0.15, 0.2) is 0 Å². The van der Waals surface area contributed by atoms with Crippen LogP contribution in [0.3, 0.4) is 0 Å². The molecular weight excluding hydrogens is 300 g/mol. The van der Waals surface area contributed by atoms with Gasteiger partial charge in [0, 0.05) is 12.2 Å². The van der Waals surface area contributed by atoms with Crippen LogP contribution < -0.4 is 10.1 Å². The SMILES string of the molecule is CN(CCOc1ccccc1)CC(=O)Nc1ccc2c(c1)CCC2. The number of anilines is 1. The van der Waals surface area contributed by atoms with Gasteiger partial charge in [0.1, 0.15) is 12.4 Å². The van der Waals surface area contributed by atoms with Crippen LogP contribution in [0.2, 0.25) is 0 Å². The molecule has 0 heterocycles. The van der Waals surface area contributed by atoms with Crippen LogP contribution in [-0.4, -0.2) is 37.6 Å². The van der Waals surface area contributed by atoms with Crippen LogP contribution in [0.25, 0.3) is 0 Å². The number of ether oxygens (including phenoxy) is 1. The van der Waals surface area contributed by atoms with Gasteiger partial charge in [-0.2, -0.15) is 0 Å². The predicted molar refractivity (Wildman–Crippen MR) is 96.5 cm³/mol. The van der Waals surface area contributed by atoms with Gasteiger partial charge in [-0.1, -0.05) is 24.3 Å². The molecule has 1 aliphatic carbocycles. The molecule has 0 unspecified atom stereocenters. The molecule has 4 nitrogen and oxygen atoms in total. The van der Waals surface area contributed by atoms with Crippen LogP contribution in [0, 0.1) is 0 Å². The Morgan fingerprint density at radius 2 is 1.92 bits per heavy atom. The second kappa shape index (κ2) is 7.97. The fourth-order valence-electron chi connectivity index (χ4n) is 3.01. The average molecular weight is 324 g/mol. The third-order valence-electron chi connectivity index (χ3n) is 4.28. The Labute approximate surface area is 143 Å².